The van der Waals surface area contributed by atoms with Crippen molar-refractivity contribution in [1.82, 2.24) is 10.2 Å². The minimum atomic E-state index is 0. The van der Waals surface area contributed by atoms with E-state index in [1.165, 1.54) is 24.0 Å². The third kappa shape index (κ3) is 3.88. The molecule has 0 aliphatic carbocycles. The van der Waals surface area contributed by atoms with Crippen LogP contribution in [0.3, 0.4) is 0 Å². The fourth-order valence-electron chi connectivity index (χ4n) is 4.78. The third-order valence-electron chi connectivity index (χ3n) is 6.25. The lowest BCUT2D eigenvalue weighted by atomic mass is 9.82. The second-order valence-corrected chi connectivity index (χ2v) is 8.03. The van der Waals surface area contributed by atoms with Crippen molar-refractivity contribution in [2.45, 2.75) is 51.7 Å². The number of halogens is 1. The van der Waals surface area contributed by atoms with E-state index in [-0.39, 0.29) is 24.0 Å². The SMILES string of the molecule is CCNC(=NCC(C)c1ccc(C)cc1)N1CC2C3CCC(O3)C2C1.I. The first-order valence-corrected chi connectivity index (χ1v) is 9.91. The number of nitrogens with zero attached hydrogens (tertiary/aromatic N) is 2. The molecule has 0 aromatic heterocycles. The number of aliphatic imine (C=N–C) groups is 1. The monoisotopic (exact) mass is 469 g/mol. The Hall–Kier alpha value is -0.820. The summed E-state index contributed by atoms with van der Waals surface area (Å²) in [5.74, 6) is 2.97. The molecule has 2 bridgehead atoms. The smallest absolute Gasteiger partial charge is 0.193 e. The molecular formula is C21H32IN3O. The van der Waals surface area contributed by atoms with E-state index in [1.54, 1.807) is 0 Å². The van der Waals surface area contributed by atoms with Crippen molar-refractivity contribution >= 4 is 29.9 Å². The van der Waals surface area contributed by atoms with Crippen LogP contribution in [0.25, 0.3) is 0 Å². The maximum Gasteiger partial charge on any atom is 0.193 e. The van der Waals surface area contributed by atoms with Gasteiger partial charge in [-0.3, -0.25) is 4.99 Å². The van der Waals surface area contributed by atoms with E-state index in [4.69, 9.17) is 9.73 Å². The molecule has 5 unspecified atom stereocenters. The third-order valence-corrected chi connectivity index (χ3v) is 6.25. The number of guanidine groups is 1. The van der Waals surface area contributed by atoms with E-state index >= 15 is 0 Å². The van der Waals surface area contributed by atoms with Crippen LogP contribution in [0.5, 0.6) is 0 Å². The van der Waals surface area contributed by atoms with Crippen LogP contribution in [0.1, 0.15) is 43.7 Å². The average molecular weight is 469 g/mol. The number of hydrogen-bond acceptors (Lipinski definition) is 2. The minimum Gasteiger partial charge on any atom is -0.374 e. The Labute approximate surface area is 174 Å². The first-order chi connectivity index (χ1) is 12.2. The first kappa shape index (κ1) is 19.9. The molecule has 0 amide bonds. The van der Waals surface area contributed by atoms with E-state index in [0.717, 1.165) is 44.0 Å². The van der Waals surface area contributed by atoms with Crippen LogP contribution in [0.15, 0.2) is 29.3 Å². The molecule has 3 heterocycles. The van der Waals surface area contributed by atoms with Crippen LogP contribution < -0.4 is 5.32 Å². The number of fused-ring (bicyclic) bond motifs is 5. The van der Waals surface area contributed by atoms with Crippen molar-refractivity contribution < 1.29 is 4.74 Å². The molecule has 3 saturated heterocycles. The lowest BCUT2D eigenvalue weighted by Gasteiger charge is -2.24. The number of likely N-dealkylation sites (tertiary alicyclic amines) is 1. The van der Waals surface area contributed by atoms with Gasteiger partial charge in [-0.2, -0.15) is 0 Å². The molecule has 5 heteroatoms. The highest BCUT2D eigenvalue weighted by Crippen LogP contribution is 2.47. The van der Waals surface area contributed by atoms with Gasteiger partial charge in [0.1, 0.15) is 0 Å². The molecule has 26 heavy (non-hydrogen) atoms. The van der Waals surface area contributed by atoms with Gasteiger partial charge in [0.15, 0.2) is 5.96 Å². The summed E-state index contributed by atoms with van der Waals surface area (Å²) < 4.78 is 6.11. The molecule has 4 rings (SSSR count). The van der Waals surface area contributed by atoms with E-state index in [9.17, 15) is 0 Å². The molecule has 3 aliphatic rings. The second-order valence-electron chi connectivity index (χ2n) is 8.03. The zero-order chi connectivity index (χ0) is 17.4. The Morgan fingerprint density at radius 2 is 1.81 bits per heavy atom. The average Bonchev–Trinajstić information content (AvgIpc) is 3.31. The normalized spacial score (nSPS) is 30.9. The lowest BCUT2D eigenvalue weighted by Crippen LogP contribution is -2.41. The Morgan fingerprint density at radius 3 is 2.38 bits per heavy atom. The molecule has 1 N–H and O–H groups in total. The van der Waals surface area contributed by atoms with Gasteiger partial charge in [-0.25, -0.2) is 0 Å². The van der Waals surface area contributed by atoms with Crippen molar-refractivity contribution in [2.24, 2.45) is 16.8 Å². The summed E-state index contributed by atoms with van der Waals surface area (Å²) in [5, 5.41) is 3.51. The maximum atomic E-state index is 6.11. The number of benzene rings is 1. The molecular weight excluding hydrogens is 437 g/mol. The van der Waals surface area contributed by atoms with Gasteiger partial charge in [0.25, 0.3) is 0 Å². The van der Waals surface area contributed by atoms with Crippen molar-refractivity contribution in [3.05, 3.63) is 35.4 Å². The fourth-order valence-corrected chi connectivity index (χ4v) is 4.78. The van der Waals surface area contributed by atoms with E-state index < -0.39 is 0 Å². The predicted octanol–water partition coefficient (Wildman–Crippen LogP) is 3.79. The largest absolute Gasteiger partial charge is 0.374 e. The number of ether oxygens (including phenoxy) is 1. The molecule has 3 fully saturated rings. The summed E-state index contributed by atoms with van der Waals surface area (Å²) in [5.41, 5.74) is 2.68. The summed E-state index contributed by atoms with van der Waals surface area (Å²) in [6.45, 7) is 10.5. The van der Waals surface area contributed by atoms with Gasteiger partial charge in [-0.05, 0) is 32.3 Å². The number of hydrogen-bond donors (Lipinski definition) is 1. The van der Waals surface area contributed by atoms with Crippen LogP contribution in [-0.4, -0.2) is 49.2 Å². The molecule has 0 saturated carbocycles. The van der Waals surface area contributed by atoms with Gasteiger partial charge in [-0.15, -0.1) is 24.0 Å². The van der Waals surface area contributed by atoms with E-state index in [2.05, 4.69) is 55.3 Å². The Kier molecular flexibility index (Phi) is 6.49. The molecule has 0 spiro atoms. The summed E-state index contributed by atoms with van der Waals surface area (Å²) in [4.78, 5) is 7.46. The first-order valence-electron chi connectivity index (χ1n) is 9.91. The van der Waals surface area contributed by atoms with E-state index in [1.807, 2.05) is 0 Å². The molecule has 1 aromatic carbocycles. The van der Waals surface area contributed by atoms with Gasteiger partial charge < -0.3 is 15.0 Å². The Bertz CT molecular complexity index is 615. The van der Waals surface area contributed by atoms with Crippen molar-refractivity contribution in [1.29, 1.82) is 0 Å². The maximum absolute atomic E-state index is 6.11. The highest BCUT2D eigenvalue weighted by molar-refractivity contribution is 14.0. The lowest BCUT2D eigenvalue weighted by molar-refractivity contribution is 0.0767. The van der Waals surface area contributed by atoms with Crippen LogP contribution in [-0.2, 0) is 4.74 Å². The summed E-state index contributed by atoms with van der Waals surface area (Å²) in [6, 6.07) is 8.85. The highest BCUT2D eigenvalue weighted by Gasteiger charge is 2.53. The van der Waals surface area contributed by atoms with Crippen LogP contribution in [0.4, 0.5) is 0 Å². The number of aryl methyl sites for hydroxylation is 1. The molecule has 144 valence electrons. The summed E-state index contributed by atoms with van der Waals surface area (Å²) in [6.07, 6.45) is 3.54. The van der Waals surface area contributed by atoms with Gasteiger partial charge in [0.05, 0.1) is 12.2 Å². The van der Waals surface area contributed by atoms with Crippen molar-refractivity contribution in [3.63, 3.8) is 0 Å². The van der Waals surface area contributed by atoms with Crippen LogP contribution in [0, 0.1) is 18.8 Å². The summed E-state index contributed by atoms with van der Waals surface area (Å²) >= 11 is 0. The van der Waals surface area contributed by atoms with Crippen molar-refractivity contribution in [2.75, 3.05) is 26.2 Å². The quantitative estimate of drug-likeness (QED) is 0.414. The molecule has 5 atom stereocenters. The molecule has 4 nitrogen and oxygen atoms in total. The zero-order valence-electron chi connectivity index (χ0n) is 16.1. The predicted molar refractivity (Wildman–Crippen MR) is 117 cm³/mol. The van der Waals surface area contributed by atoms with E-state index in [0.29, 0.717) is 18.1 Å². The standard InChI is InChI=1S/C21H31N3O.HI/c1-4-22-21(23-11-15(3)16-7-5-14(2)6-8-16)24-12-17-18(13-24)20-10-9-19(17)25-20;/h5-8,15,17-20H,4,9-13H2,1-3H3,(H,22,23);1H. The number of nitrogens with one attached hydrogen (secondary N) is 1. The Balaban J connectivity index is 0.00000196. The van der Waals surface area contributed by atoms with Gasteiger partial charge in [-0.1, -0.05) is 36.8 Å². The van der Waals surface area contributed by atoms with Gasteiger partial charge in [0.2, 0.25) is 0 Å². The molecule has 3 aliphatic heterocycles. The minimum absolute atomic E-state index is 0. The molecule has 0 radical (unpaired) electrons. The van der Waals surface area contributed by atoms with Gasteiger partial charge in [0, 0.05) is 43.9 Å². The van der Waals surface area contributed by atoms with Crippen molar-refractivity contribution in [3.8, 4) is 0 Å². The highest BCUT2D eigenvalue weighted by atomic mass is 127. The molecule has 1 aromatic rings. The summed E-state index contributed by atoms with van der Waals surface area (Å²) in [7, 11) is 0. The Morgan fingerprint density at radius 1 is 1.19 bits per heavy atom. The van der Waals surface area contributed by atoms with Crippen LogP contribution in [0.2, 0.25) is 0 Å². The topological polar surface area (TPSA) is 36.9 Å². The zero-order valence-corrected chi connectivity index (χ0v) is 18.5. The number of rotatable bonds is 4. The van der Waals surface area contributed by atoms with Gasteiger partial charge >= 0.3 is 0 Å². The fraction of sp³-hybridized carbons (Fsp3) is 0.667. The second kappa shape index (κ2) is 8.46. The van der Waals surface area contributed by atoms with Crippen LogP contribution >= 0.6 is 24.0 Å².